The Morgan fingerprint density at radius 1 is 0.907 bits per heavy atom. The smallest absolute Gasteiger partial charge is 0.354 e. The molecule has 0 atom stereocenters. The quantitative estimate of drug-likeness (QED) is 0.160. The molecule has 6 nitrogen and oxygen atoms in total. The highest BCUT2D eigenvalue weighted by molar-refractivity contribution is 6.30. The van der Waals surface area contributed by atoms with E-state index in [1.807, 2.05) is 50.2 Å². The number of halogens is 1. The molecule has 0 saturated heterocycles. The van der Waals surface area contributed by atoms with Crippen molar-refractivity contribution in [2.75, 3.05) is 5.32 Å². The van der Waals surface area contributed by atoms with Crippen molar-refractivity contribution >= 4 is 40.1 Å². The van der Waals surface area contributed by atoms with Crippen LogP contribution in [0.25, 0.3) is 22.0 Å². The van der Waals surface area contributed by atoms with E-state index in [1.54, 1.807) is 34.9 Å². The summed E-state index contributed by atoms with van der Waals surface area (Å²) in [6, 6.07) is 28.5. The highest BCUT2D eigenvalue weighted by Gasteiger charge is 2.25. The SMILES string of the molecule is CCCCc1ccc(-c2ccc3c(NC(=O)c4cccc(OC(C)C)c4)c(C(=O)O)n(Cc4cccc(Cl)c4)c3c2)cc1. The molecule has 2 N–H and O–H groups in total. The van der Waals surface area contributed by atoms with Crippen molar-refractivity contribution in [2.45, 2.75) is 52.7 Å². The van der Waals surface area contributed by atoms with Crippen LogP contribution < -0.4 is 10.1 Å². The number of nitrogens with zero attached hydrogens (tertiary/aromatic N) is 1. The predicted octanol–water partition coefficient (Wildman–Crippen LogP) is 9.09. The number of unbranched alkanes of at least 4 members (excludes halogenated alkanes) is 1. The van der Waals surface area contributed by atoms with Crippen LogP contribution in [0, 0.1) is 0 Å². The molecule has 1 heterocycles. The second kappa shape index (κ2) is 13.2. The van der Waals surface area contributed by atoms with Crippen LogP contribution in [0.15, 0.2) is 91.0 Å². The van der Waals surface area contributed by atoms with Gasteiger partial charge in [0.15, 0.2) is 5.69 Å². The van der Waals surface area contributed by atoms with E-state index in [0.29, 0.717) is 27.2 Å². The lowest BCUT2D eigenvalue weighted by Crippen LogP contribution is -2.17. The molecule has 220 valence electrons. The average molecular weight is 595 g/mol. The van der Waals surface area contributed by atoms with Gasteiger partial charge in [-0.3, -0.25) is 4.79 Å². The van der Waals surface area contributed by atoms with E-state index in [4.69, 9.17) is 16.3 Å². The van der Waals surface area contributed by atoms with Crippen LogP contribution >= 0.6 is 11.6 Å². The maximum Gasteiger partial charge on any atom is 0.354 e. The number of anilines is 1. The van der Waals surface area contributed by atoms with Crippen molar-refractivity contribution in [3.8, 4) is 16.9 Å². The first kappa shape index (κ1) is 29.9. The molecule has 4 aromatic carbocycles. The third-order valence-corrected chi connectivity index (χ3v) is 7.54. The maximum atomic E-state index is 13.5. The number of benzene rings is 4. The van der Waals surface area contributed by atoms with Gasteiger partial charge in [-0.25, -0.2) is 4.79 Å². The minimum absolute atomic E-state index is 0.00928. The van der Waals surface area contributed by atoms with Crippen LogP contribution in [-0.4, -0.2) is 27.7 Å². The first-order valence-electron chi connectivity index (χ1n) is 14.5. The number of hydrogen-bond acceptors (Lipinski definition) is 3. The molecule has 0 aliphatic heterocycles. The lowest BCUT2D eigenvalue weighted by atomic mass is 10.0. The van der Waals surface area contributed by atoms with E-state index in [0.717, 1.165) is 36.0 Å². The Morgan fingerprint density at radius 2 is 1.65 bits per heavy atom. The second-order valence-electron chi connectivity index (χ2n) is 10.9. The lowest BCUT2D eigenvalue weighted by Gasteiger charge is -2.12. The lowest BCUT2D eigenvalue weighted by molar-refractivity contribution is 0.0687. The fraction of sp³-hybridized carbons (Fsp3) is 0.222. The molecule has 43 heavy (non-hydrogen) atoms. The number of carbonyl (C=O) groups is 2. The molecule has 0 spiro atoms. The number of carboxylic acid groups (broad SMARTS) is 1. The molecule has 0 bridgehead atoms. The van der Waals surface area contributed by atoms with Gasteiger partial charge in [-0.15, -0.1) is 0 Å². The van der Waals surface area contributed by atoms with Gasteiger partial charge in [-0.05, 0) is 85.3 Å². The van der Waals surface area contributed by atoms with E-state index < -0.39 is 11.9 Å². The molecular weight excluding hydrogens is 560 g/mol. The third kappa shape index (κ3) is 6.92. The molecule has 5 rings (SSSR count). The zero-order valence-electron chi connectivity index (χ0n) is 24.6. The molecule has 0 unspecified atom stereocenters. The van der Waals surface area contributed by atoms with Gasteiger partial charge in [0, 0.05) is 22.5 Å². The van der Waals surface area contributed by atoms with Crippen molar-refractivity contribution in [2.24, 2.45) is 0 Å². The minimum atomic E-state index is -1.15. The van der Waals surface area contributed by atoms with Gasteiger partial charge in [0.2, 0.25) is 0 Å². The van der Waals surface area contributed by atoms with Crippen LogP contribution in [0.5, 0.6) is 5.75 Å². The number of carbonyl (C=O) groups excluding carboxylic acids is 1. The molecular formula is C36H35ClN2O4. The summed E-state index contributed by atoms with van der Waals surface area (Å²) < 4.78 is 7.49. The van der Waals surface area contributed by atoms with Crippen molar-refractivity contribution in [3.05, 3.63) is 118 Å². The number of aromatic nitrogens is 1. The van der Waals surface area contributed by atoms with Gasteiger partial charge < -0.3 is 19.7 Å². The molecule has 5 aromatic rings. The zero-order chi connectivity index (χ0) is 30.5. The summed E-state index contributed by atoms with van der Waals surface area (Å²) in [4.78, 5) is 26.3. The van der Waals surface area contributed by atoms with E-state index in [1.165, 1.54) is 5.56 Å². The van der Waals surface area contributed by atoms with Crippen molar-refractivity contribution in [1.82, 2.24) is 4.57 Å². The Hall–Kier alpha value is -4.55. The molecule has 0 radical (unpaired) electrons. The van der Waals surface area contributed by atoms with E-state index in [-0.39, 0.29) is 24.0 Å². The Bertz CT molecular complexity index is 1770. The fourth-order valence-corrected chi connectivity index (χ4v) is 5.49. The van der Waals surface area contributed by atoms with Gasteiger partial charge in [0.05, 0.1) is 17.3 Å². The van der Waals surface area contributed by atoms with E-state index in [9.17, 15) is 14.7 Å². The summed E-state index contributed by atoms with van der Waals surface area (Å²) in [6.07, 6.45) is 3.27. The number of amides is 1. The van der Waals surface area contributed by atoms with Crippen LogP contribution in [-0.2, 0) is 13.0 Å². The normalized spacial score (nSPS) is 11.2. The summed E-state index contributed by atoms with van der Waals surface area (Å²) in [6.45, 7) is 6.26. The molecule has 0 fully saturated rings. The number of fused-ring (bicyclic) bond motifs is 1. The van der Waals surface area contributed by atoms with Gasteiger partial charge in [-0.2, -0.15) is 0 Å². The first-order valence-corrected chi connectivity index (χ1v) is 14.9. The first-order chi connectivity index (χ1) is 20.7. The number of nitrogens with one attached hydrogen (secondary N) is 1. The molecule has 1 amide bonds. The van der Waals surface area contributed by atoms with E-state index in [2.05, 4.69) is 36.5 Å². The maximum absolute atomic E-state index is 13.5. The molecule has 1 aromatic heterocycles. The van der Waals surface area contributed by atoms with Crippen LogP contribution in [0.1, 0.15) is 65.6 Å². The molecule has 0 aliphatic carbocycles. The summed E-state index contributed by atoms with van der Waals surface area (Å²) in [5.41, 5.74) is 5.40. The van der Waals surface area contributed by atoms with Crippen molar-refractivity contribution in [3.63, 3.8) is 0 Å². The Balaban J connectivity index is 1.61. The van der Waals surface area contributed by atoms with Crippen molar-refractivity contribution in [1.29, 1.82) is 0 Å². The average Bonchev–Trinajstić information content (AvgIpc) is 3.28. The number of hydrogen-bond donors (Lipinski definition) is 2. The molecule has 7 heteroatoms. The van der Waals surface area contributed by atoms with Crippen molar-refractivity contribution < 1.29 is 19.4 Å². The summed E-state index contributed by atoms with van der Waals surface area (Å²) in [7, 11) is 0. The van der Waals surface area contributed by atoms with E-state index >= 15 is 0 Å². The Kier molecular flexibility index (Phi) is 9.17. The summed E-state index contributed by atoms with van der Waals surface area (Å²) in [5, 5.41) is 14.6. The van der Waals surface area contributed by atoms with Gasteiger partial charge in [0.1, 0.15) is 5.75 Å². The monoisotopic (exact) mass is 594 g/mol. The highest BCUT2D eigenvalue weighted by atomic mass is 35.5. The number of rotatable bonds is 11. The van der Waals surface area contributed by atoms with Crippen LogP contribution in [0.2, 0.25) is 5.02 Å². The Morgan fingerprint density at radius 3 is 2.35 bits per heavy atom. The number of ether oxygens (including phenoxy) is 1. The topological polar surface area (TPSA) is 80.6 Å². The van der Waals surface area contributed by atoms with Gasteiger partial charge in [-0.1, -0.05) is 79.5 Å². The summed E-state index contributed by atoms with van der Waals surface area (Å²) in [5.74, 6) is -1.01. The largest absolute Gasteiger partial charge is 0.491 e. The Labute approximate surface area is 256 Å². The number of aromatic carboxylic acids is 1. The number of aryl methyl sites for hydroxylation is 1. The fourth-order valence-electron chi connectivity index (χ4n) is 5.27. The zero-order valence-corrected chi connectivity index (χ0v) is 25.3. The standard InChI is InChI=1S/C36H35ClN2O4/c1-4-5-8-24-13-15-26(16-14-24)27-17-18-31-32(21-27)39(22-25-9-6-11-29(37)19-25)34(36(41)42)33(31)38-35(40)28-10-7-12-30(20-28)43-23(2)3/h6-7,9-21,23H,4-5,8,22H2,1-3H3,(H,38,40)(H,41,42). The second-order valence-corrected chi connectivity index (χ2v) is 11.4. The van der Waals surface area contributed by atoms with Crippen LogP contribution in [0.3, 0.4) is 0 Å². The number of carboxylic acids is 1. The van der Waals surface area contributed by atoms with Crippen LogP contribution in [0.4, 0.5) is 5.69 Å². The minimum Gasteiger partial charge on any atom is -0.491 e. The molecule has 0 aliphatic rings. The predicted molar refractivity (Wildman–Crippen MR) is 174 cm³/mol. The third-order valence-electron chi connectivity index (χ3n) is 7.31. The highest BCUT2D eigenvalue weighted by Crippen LogP contribution is 2.36. The van der Waals surface area contributed by atoms with Gasteiger partial charge in [0.25, 0.3) is 5.91 Å². The molecule has 0 saturated carbocycles. The van der Waals surface area contributed by atoms with Gasteiger partial charge >= 0.3 is 5.97 Å². The summed E-state index contributed by atoms with van der Waals surface area (Å²) >= 11 is 6.27.